The van der Waals surface area contributed by atoms with Crippen LogP contribution < -0.4 is 10.1 Å². The monoisotopic (exact) mass is 460 g/mol. The molecule has 1 saturated heterocycles. The Bertz CT molecular complexity index is 923. The third-order valence-electron chi connectivity index (χ3n) is 4.62. The number of nitrogens with one attached hydrogen (secondary N) is 1. The molecule has 7 nitrogen and oxygen atoms in total. The van der Waals surface area contributed by atoms with Crippen LogP contribution in [0.4, 0.5) is 8.78 Å². The number of aryl methyl sites for hydroxylation is 1. The lowest BCUT2D eigenvalue weighted by molar-refractivity contribution is 0.0724. The van der Waals surface area contributed by atoms with Crippen LogP contribution in [-0.4, -0.2) is 47.6 Å². The highest BCUT2D eigenvalue weighted by Crippen LogP contribution is 2.36. The van der Waals surface area contributed by atoms with Gasteiger partial charge < -0.3 is 14.9 Å². The van der Waals surface area contributed by atoms with Crippen molar-refractivity contribution < 1.29 is 23.1 Å². The number of Topliss-reactive ketones (excluding diaryl/α,β-unsaturated/α-hetero) is 1. The van der Waals surface area contributed by atoms with Crippen LogP contribution in [0.15, 0.2) is 23.5 Å². The number of carbonyl (C=O) groups is 1. The number of rotatable bonds is 8. The van der Waals surface area contributed by atoms with Gasteiger partial charge in [0.2, 0.25) is 5.78 Å². The second-order valence-corrected chi connectivity index (χ2v) is 7.55. The van der Waals surface area contributed by atoms with Crippen molar-refractivity contribution in [2.75, 3.05) is 13.7 Å². The molecule has 0 saturated carbocycles. The maximum absolute atomic E-state index is 13.4. The van der Waals surface area contributed by atoms with Crippen molar-refractivity contribution >= 4 is 35.2 Å². The first-order valence-electron chi connectivity index (χ1n) is 9.13. The normalized spacial score (nSPS) is 17.6. The van der Waals surface area contributed by atoms with Crippen LogP contribution in [0.5, 0.6) is 5.75 Å². The molecule has 30 heavy (non-hydrogen) atoms. The van der Waals surface area contributed by atoms with Gasteiger partial charge in [-0.05, 0) is 37.1 Å². The van der Waals surface area contributed by atoms with E-state index in [-0.39, 0.29) is 27.4 Å². The Morgan fingerprint density at radius 3 is 2.67 bits per heavy atom. The van der Waals surface area contributed by atoms with E-state index < -0.39 is 24.0 Å². The van der Waals surface area contributed by atoms with Crippen LogP contribution in [-0.2, 0) is 11.9 Å². The molecule has 0 radical (unpaired) electrons. The van der Waals surface area contributed by atoms with E-state index in [2.05, 4.69) is 20.4 Å². The van der Waals surface area contributed by atoms with E-state index in [0.717, 1.165) is 6.42 Å². The van der Waals surface area contributed by atoms with Gasteiger partial charge >= 0.3 is 0 Å². The van der Waals surface area contributed by atoms with Gasteiger partial charge in [0.25, 0.3) is 6.43 Å². The summed E-state index contributed by atoms with van der Waals surface area (Å²) in [4.78, 5) is 17.9. The molecule has 1 N–H and O–H groups in total. The highest BCUT2D eigenvalue weighted by atomic mass is 35.5. The molecular formula is C19H20Cl2F2N4O3. The van der Waals surface area contributed by atoms with Crippen LogP contribution in [0.25, 0.3) is 0 Å². The minimum Gasteiger partial charge on any atom is -0.477 e. The van der Waals surface area contributed by atoms with Crippen molar-refractivity contribution in [1.29, 1.82) is 0 Å². The fraction of sp³-hybridized carbons (Fsp3) is 0.421. The van der Waals surface area contributed by atoms with E-state index in [9.17, 15) is 13.6 Å². The van der Waals surface area contributed by atoms with E-state index >= 15 is 0 Å². The summed E-state index contributed by atoms with van der Waals surface area (Å²) in [5, 5.41) is 10.8. The maximum Gasteiger partial charge on any atom is 0.282 e. The highest BCUT2D eigenvalue weighted by Gasteiger charge is 2.37. The molecule has 1 aromatic heterocycles. The molecule has 1 fully saturated rings. The number of halogens is 4. The second kappa shape index (κ2) is 9.72. The van der Waals surface area contributed by atoms with E-state index in [4.69, 9.17) is 27.9 Å². The zero-order valence-electron chi connectivity index (χ0n) is 16.2. The van der Waals surface area contributed by atoms with Gasteiger partial charge in [-0.25, -0.2) is 8.78 Å². The van der Waals surface area contributed by atoms with Gasteiger partial charge in [0, 0.05) is 13.2 Å². The first kappa shape index (κ1) is 22.5. The van der Waals surface area contributed by atoms with Crippen molar-refractivity contribution in [3.63, 3.8) is 0 Å². The number of carbonyl (C=O) groups excluding carboxylic acids is 1. The number of hydrogen-bond donors (Lipinski definition) is 1. The summed E-state index contributed by atoms with van der Waals surface area (Å²) >= 11 is 12.6. The Hall–Kier alpha value is -2.23. The molecule has 3 rings (SSSR count). The number of alkyl halides is 2. The number of benzene rings is 1. The first-order chi connectivity index (χ1) is 14.3. The van der Waals surface area contributed by atoms with Crippen molar-refractivity contribution in [2.45, 2.75) is 31.4 Å². The van der Waals surface area contributed by atoms with E-state index in [1.165, 1.54) is 31.3 Å². The number of ketones is 1. The lowest BCUT2D eigenvalue weighted by Gasteiger charge is -2.25. The second-order valence-electron chi connectivity index (χ2n) is 6.74. The number of nitrogens with zero attached hydrogens (tertiary/aromatic N) is 3. The summed E-state index contributed by atoms with van der Waals surface area (Å²) < 4.78 is 33.9. The average Bonchev–Trinajstić information content (AvgIpc) is 3.35. The summed E-state index contributed by atoms with van der Waals surface area (Å²) in [7, 11) is 2.87. The van der Waals surface area contributed by atoms with Crippen LogP contribution in [0.3, 0.4) is 0 Å². The summed E-state index contributed by atoms with van der Waals surface area (Å²) in [6, 6.07) is 2.71. The van der Waals surface area contributed by atoms with Crippen molar-refractivity contribution in [3.8, 4) is 5.75 Å². The molecule has 11 heteroatoms. The van der Waals surface area contributed by atoms with Gasteiger partial charge in [-0.15, -0.1) is 0 Å². The minimum atomic E-state index is -2.89. The molecule has 1 aliphatic rings. The predicted molar refractivity (Wildman–Crippen MR) is 109 cm³/mol. The van der Waals surface area contributed by atoms with Gasteiger partial charge in [-0.1, -0.05) is 28.4 Å². The molecule has 162 valence electrons. The van der Waals surface area contributed by atoms with E-state index in [0.29, 0.717) is 18.5 Å². The number of hydrogen-bond acceptors (Lipinski definition) is 6. The lowest BCUT2D eigenvalue weighted by atomic mass is 9.99. The summed E-state index contributed by atoms with van der Waals surface area (Å²) in [5.74, 6) is -0.530. The standard InChI is InChI=1S/C19H20Cl2F2N4O3/c1-27-9-11(15(26-27)19(22)23)16(28)18(14-4-3-5-24-14)30-17-12(20)6-10(7-13(17)21)8-25-29-2/h6-9,14,18-19,24H,3-5H2,1-2H3/t14?,18-/m0/s1. The lowest BCUT2D eigenvalue weighted by Crippen LogP contribution is -2.44. The number of ether oxygens (including phenoxy) is 1. The largest absolute Gasteiger partial charge is 0.477 e. The highest BCUT2D eigenvalue weighted by molar-refractivity contribution is 6.37. The molecule has 2 atom stereocenters. The van der Waals surface area contributed by atoms with Crippen LogP contribution in [0.1, 0.15) is 40.9 Å². The quantitative estimate of drug-likeness (QED) is 0.365. The maximum atomic E-state index is 13.4. The molecule has 1 aliphatic heterocycles. The minimum absolute atomic E-state index is 0.0856. The third kappa shape index (κ3) is 4.91. The Morgan fingerprint density at radius 2 is 2.10 bits per heavy atom. The summed E-state index contributed by atoms with van der Waals surface area (Å²) in [6.45, 7) is 0.681. The average molecular weight is 461 g/mol. The smallest absolute Gasteiger partial charge is 0.282 e. The van der Waals surface area contributed by atoms with Gasteiger partial charge in [-0.2, -0.15) is 5.10 Å². The molecule has 0 aliphatic carbocycles. The number of aromatic nitrogens is 2. The van der Waals surface area contributed by atoms with Crippen LogP contribution >= 0.6 is 23.2 Å². The Morgan fingerprint density at radius 1 is 1.40 bits per heavy atom. The van der Waals surface area contributed by atoms with Crippen LogP contribution in [0.2, 0.25) is 10.0 Å². The molecule has 0 bridgehead atoms. The van der Waals surface area contributed by atoms with E-state index in [1.807, 2.05) is 0 Å². The Balaban J connectivity index is 1.96. The molecule has 0 spiro atoms. The Labute approximate surface area is 181 Å². The third-order valence-corrected chi connectivity index (χ3v) is 5.19. The topological polar surface area (TPSA) is 77.7 Å². The molecule has 0 amide bonds. The van der Waals surface area contributed by atoms with Crippen LogP contribution in [0, 0.1) is 0 Å². The van der Waals surface area contributed by atoms with Crippen molar-refractivity contribution in [1.82, 2.24) is 15.1 Å². The summed E-state index contributed by atoms with van der Waals surface area (Å²) in [6.07, 6.45) is 0.127. The van der Waals surface area contributed by atoms with Gasteiger partial charge in [0.15, 0.2) is 11.9 Å². The Kier molecular flexibility index (Phi) is 7.27. The van der Waals surface area contributed by atoms with Gasteiger partial charge in [-0.3, -0.25) is 9.48 Å². The number of oxime groups is 1. The van der Waals surface area contributed by atoms with E-state index in [1.54, 1.807) is 12.1 Å². The predicted octanol–water partition coefficient (Wildman–Crippen LogP) is 4.03. The fourth-order valence-corrected chi connectivity index (χ4v) is 3.90. The molecule has 2 aromatic rings. The van der Waals surface area contributed by atoms with Gasteiger partial charge in [0.05, 0.1) is 27.9 Å². The SMILES string of the molecule is CON=Cc1cc(Cl)c(O[C@H](C(=O)c2cn(C)nc2C(F)F)C2CCCN2)c(Cl)c1. The molecular weight excluding hydrogens is 441 g/mol. The van der Waals surface area contributed by atoms with Crippen molar-refractivity contribution in [3.05, 3.63) is 45.2 Å². The first-order valence-corrected chi connectivity index (χ1v) is 9.89. The van der Waals surface area contributed by atoms with Crippen molar-refractivity contribution in [2.24, 2.45) is 12.2 Å². The zero-order chi connectivity index (χ0) is 21.8. The fourth-order valence-electron chi connectivity index (χ4n) is 3.31. The molecule has 2 heterocycles. The molecule has 1 unspecified atom stereocenters. The summed E-state index contributed by atoms with van der Waals surface area (Å²) in [5.41, 5.74) is -0.215. The zero-order valence-corrected chi connectivity index (χ0v) is 17.8. The molecule has 1 aromatic carbocycles. The van der Waals surface area contributed by atoms with Gasteiger partial charge in [0.1, 0.15) is 12.8 Å².